The van der Waals surface area contributed by atoms with Gasteiger partial charge in [0.05, 0.1) is 18.8 Å². The van der Waals surface area contributed by atoms with E-state index < -0.39 is 51.7 Å². The topological polar surface area (TPSA) is 225 Å². The average molecular weight is 721 g/mol. The summed E-state index contributed by atoms with van der Waals surface area (Å²) in [5.74, 6) is -1.77. The first-order chi connectivity index (χ1) is 24.3. The number of azide groups is 1. The lowest BCUT2D eigenvalue weighted by Gasteiger charge is -2.27. The van der Waals surface area contributed by atoms with Crippen molar-refractivity contribution < 1.29 is 34.3 Å². The van der Waals surface area contributed by atoms with Gasteiger partial charge in [0.15, 0.2) is 0 Å². The van der Waals surface area contributed by atoms with Crippen LogP contribution in [0.15, 0.2) is 84.0 Å². The lowest BCUT2D eigenvalue weighted by atomic mass is 9.98. The molecule has 0 spiro atoms. The Bertz CT molecular complexity index is 1730. The Morgan fingerprint density at radius 2 is 1.20 bits per heavy atom. The zero-order chi connectivity index (χ0) is 37.4. The maximum atomic E-state index is 14.0. The molecule has 13 nitrogen and oxygen atoms in total. The fourth-order valence-electron chi connectivity index (χ4n) is 5.63. The summed E-state index contributed by atoms with van der Waals surface area (Å²) in [6.07, 6.45) is 2.28. The van der Waals surface area contributed by atoms with Gasteiger partial charge in [-0.3, -0.25) is 14.4 Å². The minimum absolute atomic E-state index is 0.00850. The van der Waals surface area contributed by atoms with E-state index >= 15 is 0 Å². The van der Waals surface area contributed by atoms with Gasteiger partial charge in [-0.1, -0.05) is 97.8 Å². The molecule has 0 saturated carbocycles. The molecule has 3 aromatic carbocycles. The minimum atomic E-state index is -3.31. The summed E-state index contributed by atoms with van der Waals surface area (Å²) in [5.41, 5.74) is 21.6. The highest BCUT2D eigenvalue weighted by atomic mass is 32.2. The van der Waals surface area contributed by atoms with Crippen LogP contribution in [-0.4, -0.2) is 62.3 Å². The first-order valence-corrected chi connectivity index (χ1v) is 19.3. The summed E-state index contributed by atoms with van der Waals surface area (Å²) in [7, 11) is -3.31. The number of hydrogen-bond donors (Lipinski definition) is 5. The van der Waals surface area contributed by atoms with Crippen molar-refractivity contribution in [3.05, 3.63) is 117 Å². The molecule has 0 aliphatic rings. The normalized spacial score (nSPS) is 13.7. The fourth-order valence-corrected chi connectivity index (χ4v) is 6.34. The van der Waals surface area contributed by atoms with Crippen LogP contribution in [0.25, 0.3) is 10.4 Å². The monoisotopic (exact) mass is 720 g/mol. The molecule has 3 aromatic rings. The quantitative estimate of drug-likeness (QED) is 0.0667. The van der Waals surface area contributed by atoms with Gasteiger partial charge in [0.1, 0.15) is 28.0 Å². The van der Waals surface area contributed by atoms with Gasteiger partial charge in [0, 0.05) is 34.8 Å². The molecule has 0 fully saturated rings. The van der Waals surface area contributed by atoms with E-state index in [1.165, 1.54) is 0 Å². The summed E-state index contributed by atoms with van der Waals surface area (Å²) < 4.78 is 24.2. The van der Waals surface area contributed by atoms with Crippen molar-refractivity contribution in [2.24, 2.45) is 11.0 Å². The van der Waals surface area contributed by atoms with Gasteiger partial charge >= 0.3 is 0 Å². The van der Waals surface area contributed by atoms with Crippen molar-refractivity contribution in [1.82, 2.24) is 16.0 Å². The van der Waals surface area contributed by atoms with E-state index in [2.05, 4.69) is 37.4 Å². The zero-order valence-electron chi connectivity index (χ0n) is 29.8. The van der Waals surface area contributed by atoms with Crippen LogP contribution in [0.2, 0.25) is 0 Å². The molecule has 0 bridgehead atoms. The highest BCUT2D eigenvalue weighted by molar-refractivity contribution is 7.90. The maximum Gasteiger partial charge on any atom is 0.243 e. The van der Waals surface area contributed by atoms with Gasteiger partial charge < -0.3 is 27.4 Å². The van der Waals surface area contributed by atoms with Gasteiger partial charge in [-0.05, 0) is 53.8 Å². The van der Waals surface area contributed by atoms with Gasteiger partial charge in [0.2, 0.25) is 17.7 Å². The number of hydrogen-bond acceptors (Lipinski definition) is 6. The molecule has 3 amide bonds. The van der Waals surface area contributed by atoms with Gasteiger partial charge in [-0.2, -0.15) is 0 Å². The third-order valence-electron chi connectivity index (χ3n) is 8.47. The Balaban J connectivity index is 1.86. The predicted molar refractivity (Wildman–Crippen MR) is 196 cm³/mol. The summed E-state index contributed by atoms with van der Waals surface area (Å²) in [4.78, 5) is 44.3. The number of amides is 3. The van der Waals surface area contributed by atoms with E-state index in [4.69, 9.17) is 0 Å². The van der Waals surface area contributed by atoms with E-state index in [-0.39, 0.29) is 30.9 Å². The summed E-state index contributed by atoms with van der Waals surface area (Å²) in [5, 5.41) is 12.4. The number of rotatable bonds is 20. The Morgan fingerprint density at radius 1 is 0.706 bits per heavy atom. The molecule has 0 radical (unpaired) electrons. The Hall–Kier alpha value is -4.75. The van der Waals surface area contributed by atoms with E-state index in [0.717, 1.165) is 34.1 Å². The Morgan fingerprint density at radius 3 is 1.71 bits per heavy atom. The number of sulfone groups is 1. The first-order valence-electron chi connectivity index (χ1n) is 17.2. The molecular formula is C37H52N8O5S+2. The fraction of sp³-hybridized carbons (Fsp3) is 0.432. The van der Waals surface area contributed by atoms with Crippen molar-refractivity contribution >= 4 is 27.6 Å². The number of carbonyl (C=O) groups is 3. The largest absolute Gasteiger partial charge is 0.354 e. The van der Waals surface area contributed by atoms with Crippen molar-refractivity contribution in [3.8, 4) is 0 Å². The van der Waals surface area contributed by atoms with Crippen LogP contribution in [0, 0.1) is 5.92 Å². The van der Waals surface area contributed by atoms with Crippen LogP contribution in [0.1, 0.15) is 54.5 Å². The van der Waals surface area contributed by atoms with Crippen LogP contribution >= 0.6 is 0 Å². The first kappa shape index (κ1) is 40.7. The highest BCUT2D eigenvalue weighted by Gasteiger charge is 2.30. The van der Waals surface area contributed by atoms with E-state index in [1.807, 2.05) is 92.7 Å². The Labute approximate surface area is 300 Å². The number of nitrogens with zero attached hydrogens (tertiary/aromatic N) is 3. The highest BCUT2D eigenvalue weighted by Crippen LogP contribution is 2.14. The number of benzene rings is 3. The lowest BCUT2D eigenvalue weighted by Crippen LogP contribution is -2.57. The predicted octanol–water partition coefficient (Wildman–Crippen LogP) is 1.81. The molecule has 9 N–H and O–H groups in total. The van der Waals surface area contributed by atoms with Crippen LogP contribution in [0.5, 0.6) is 0 Å². The molecule has 0 aliphatic carbocycles. The molecule has 4 atom stereocenters. The van der Waals surface area contributed by atoms with Gasteiger partial charge in [0.25, 0.3) is 0 Å². The van der Waals surface area contributed by atoms with Gasteiger partial charge in [-0.15, -0.1) is 0 Å². The molecule has 0 saturated heterocycles. The molecule has 0 aromatic heterocycles. The number of carbonyl (C=O) groups excluding carboxylic acids is 3. The van der Waals surface area contributed by atoms with E-state index in [0.29, 0.717) is 25.9 Å². The number of quaternary nitrogens is 2. The van der Waals surface area contributed by atoms with Crippen molar-refractivity contribution in [2.45, 2.75) is 83.2 Å². The maximum absolute atomic E-state index is 14.0. The van der Waals surface area contributed by atoms with Gasteiger partial charge in [-0.25, -0.2) is 8.42 Å². The second-order valence-electron chi connectivity index (χ2n) is 13.3. The molecule has 3 rings (SSSR count). The molecule has 0 aliphatic heterocycles. The van der Waals surface area contributed by atoms with E-state index in [9.17, 15) is 28.3 Å². The second kappa shape index (κ2) is 20.2. The molecule has 274 valence electrons. The van der Waals surface area contributed by atoms with E-state index in [1.54, 1.807) is 0 Å². The number of nitrogens with one attached hydrogen (secondary N) is 3. The summed E-state index contributed by atoms with van der Waals surface area (Å²) in [6.45, 7) is 5.07. The second-order valence-corrected chi connectivity index (χ2v) is 15.6. The van der Waals surface area contributed by atoms with Crippen molar-refractivity contribution in [1.29, 1.82) is 0 Å². The molecule has 51 heavy (non-hydrogen) atoms. The third kappa shape index (κ3) is 14.6. The lowest BCUT2D eigenvalue weighted by molar-refractivity contribution is -0.386. The standard InChI is InChI=1S/C37H50N8O5S/c1-25(2)19-32(35(46)41-31(17-18-51(3,49)50)20-27-9-13-29(23-38)14-10-27)42-36(47)33(21-28-11-15-30(24-39)16-12-28)43-37(48)34(44-45-40)22-26-7-5-4-6-8-26/h4-16,25,31-34H,17-24,38-39H2,1-3H3,(H,41,46)(H,42,47)(H,43,48)/p+2/t31-,32+,33-,34+/m1/s1. The van der Waals surface area contributed by atoms with Crippen LogP contribution in [0.4, 0.5) is 0 Å². The molecule has 14 heteroatoms. The SMILES string of the molecule is CC(C)C[C@H](NC(=O)[C@@H](Cc1ccc(C[NH3+])cc1)NC(=O)[C@H](Cc1ccccc1)N=[N+]=[N-])C(=O)N[C@H](CCS(C)(=O)=O)Cc1ccc(C[NH3+])cc1. The summed E-state index contributed by atoms with van der Waals surface area (Å²) in [6, 6.07) is 20.7. The molecular weight excluding hydrogens is 669 g/mol. The molecule has 0 unspecified atom stereocenters. The van der Waals surface area contributed by atoms with Crippen LogP contribution in [0.3, 0.4) is 0 Å². The third-order valence-corrected chi connectivity index (χ3v) is 9.44. The molecule has 0 heterocycles. The van der Waals surface area contributed by atoms with Crippen LogP contribution in [-0.2, 0) is 56.6 Å². The summed E-state index contributed by atoms with van der Waals surface area (Å²) >= 11 is 0. The Kier molecular flexibility index (Phi) is 16.1. The smallest absolute Gasteiger partial charge is 0.243 e. The van der Waals surface area contributed by atoms with Crippen LogP contribution < -0.4 is 27.4 Å². The minimum Gasteiger partial charge on any atom is -0.354 e. The zero-order valence-corrected chi connectivity index (χ0v) is 30.6. The van der Waals surface area contributed by atoms with Crippen molar-refractivity contribution in [2.75, 3.05) is 12.0 Å². The average Bonchev–Trinajstić information content (AvgIpc) is 3.10. The van der Waals surface area contributed by atoms with Crippen molar-refractivity contribution in [3.63, 3.8) is 0 Å².